The highest BCUT2D eigenvalue weighted by Crippen LogP contribution is 2.07. The molecule has 1 aromatic rings. The van der Waals surface area contributed by atoms with E-state index in [0.717, 1.165) is 5.69 Å². The van der Waals surface area contributed by atoms with Gasteiger partial charge in [0.05, 0.1) is 12.0 Å². The summed E-state index contributed by atoms with van der Waals surface area (Å²) in [4.78, 5) is 6.68. The second-order valence-corrected chi connectivity index (χ2v) is 2.13. The van der Waals surface area contributed by atoms with Crippen LogP contribution in [0.25, 0.3) is 0 Å². The minimum atomic E-state index is -0.118. The van der Waals surface area contributed by atoms with Crippen LogP contribution in [0.2, 0.25) is 0 Å². The molecule has 10 heavy (non-hydrogen) atoms. The third-order valence-corrected chi connectivity index (χ3v) is 1.36. The highest BCUT2D eigenvalue weighted by Gasteiger charge is 2.04. The van der Waals surface area contributed by atoms with Crippen LogP contribution >= 0.6 is 0 Å². The van der Waals surface area contributed by atoms with Crippen molar-refractivity contribution in [3.05, 3.63) is 18.2 Å². The first kappa shape index (κ1) is 7.24. The average molecular weight is 141 g/mol. The Morgan fingerprint density at radius 3 is 3.10 bits per heavy atom. The second-order valence-electron chi connectivity index (χ2n) is 2.13. The summed E-state index contributed by atoms with van der Waals surface area (Å²) in [5, 5.41) is 8.52. The van der Waals surface area contributed by atoms with E-state index in [9.17, 15) is 0 Å². The van der Waals surface area contributed by atoms with Gasteiger partial charge in [0.15, 0.2) is 0 Å². The van der Waals surface area contributed by atoms with Gasteiger partial charge in [0.25, 0.3) is 0 Å². The molecule has 0 bridgehead atoms. The number of aromatic amines is 1. The van der Waals surface area contributed by atoms with E-state index in [4.69, 9.17) is 10.8 Å². The number of hydrogen-bond acceptors (Lipinski definition) is 3. The molecule has 4 nitrogen and oxygen atoms in total. The lowest BCUT2D eigenvalue weighted by Gasteiger charge is -2.04. The molecule has 56 valence electrons. The highest BCUT2D eigenvalue weighted by atomic mass is 16.3. The van der Waals surface area contributed by atoms with Crippen molar-refractivity contribution in [3.8, 4) is 0 Å². The van der Waals surface area contributed by atoms with Crippen LogP contribution in [-0.4, -0.2) is 21.7 Å². The summed E-state index contributed by atoms with van der Waals surface area (Å²) in [5.41, 5.74) is 6.49. The van der Waals surface area contributed by atoms with Gasteiger partial charge in [-0.15, -0.1) is 0 Å². The Bertz CT molecular complexity index is 173. The van der Waals surface area contributed by atoms with E-state index >= 15 is 0 Å². The Balaban J connectivity index is 2.50. The van der Waals surface area contributed by atoms with Gasteiger partial charge in [-0.05, 0) is 6.42 Å². The molecule has 0 unspecified atom stereocenters. The van der Waals surface area contributed by atoms with Crippen LogP contribution in [0.5, 0.6) is 0 Å². The molecule has 1 rings (SSSR count). The predicted octanol–water partition coefficient (Wildman–Crippen LogP) is -0.208. The SMILES string of the molecule is N[C@H](CCO)c1cnc[nH]1. The highest BCUT2D eigenvalue weighted by molar-refractivity contribution is 5.00. The summed E-state index contributed by atoms with van der Waals surface area (Å²) in [7, 11) is 0. The fourth-order valence-corrected chi connectivity index (χ4v) is 0.764. The molecule has 0 fully saturated rings. The zero-order valence-electron chi connectivity index (χ0n) is 5.62. The van der Waals surface area contributed by atoms with Crippen molar-refractivity contribution in [2.45, 2.75) is 12.5 Å². The molecule has 0 aliphatic heterocycles. The number of nitrogens with two attached hydrogens (primary N) is 1. The Labute approximate surface area is 59.1 Å². The fraction of sp³-hybridized carbons (Fsp3) is 0.500. The molecule has 0 radical (unpaired) electrons. The lowest BCUT2D eigenvalue weighted by molar-refractivity contribution is 0.276. The monoisotopic (exact) mass is 141 g/mol. The van der Waals surface area contributed by atoms with Crippen molar-refractivity contribution in [2.75, 3.05) is 6.61 Å². The van der Waals surface area contributed by atoms with Gasteiger partial charge in [-0.3, -0.25) is 0 Å². The first-order valence-electron chi connectivity index (χ1n) is 3.19. The first-order chi connectivity index (χ1) is 4.84. The number of aliphatic hydroxyl groups is 1. The zero-order chi connectivity index (χ0) is 7.40. The van der Waals surface area contributed by atoms with Crippen molar-refractivity contribution < 1.29 is 5.11 Å². The van der Waals surface area contributed by atoms with E-state index < -0.39 is 0 Å². The van der Waals surface area contributed by atoms with Crippen LogP contribution in [0, 0.1) is 0 Å². The molecule has 0 saturated carbocycles. The van der Waals surface area contributed by atoms with Crippen molar-refractivity contribution >= 4 is 0 Å². The van der Waals surface area contributed by atoms with Crippen LogP contribution in [0.15, 0.2) is 12.5 Å². The largest absolute Gasteiger partial charge is 0.396 e. The summed E-state index contributed by atoms with van der Waals surface area (Å²) < 4.78 is 0. The van der Waals surface area contributed by atoms with E-state index in [1.807, 2.05) is 0 Å². The third-order valence-electron chi connectivity index (χ3n) is 1.36. The molecular formula is C6H11N3O. The van der Waals surface area contributed by atoms with Gasteiger partial charge in [-0.1, -0.05) is 0 Å². The Morgan fingerprint density at radius 1 is 1.80 bits per heavy atom. The lowest BCUT2D eigenvalue weighted by atomic mass is 10.2. The number of aromatic nitrogens is 2. The molecule has 1 aromatic heterocycles. The van der Waals surface area contributed by atoms with E-state index in [-0.39, 0.29) is 12.6 Å². The van der Waals surface area contributed by atoms with Crippen molar-refractivity contribution in [2.24, 2.45) is 5.73 Å². The molecule has 0 spiro atoms. The van der Waals surface area contributed by atoms with Gasteiger partial charge in [0.2, 0.25) is 0 Å². The van der Waals surface area contributed by atoms with Crippen LogP contribution in [-0.2, 0) is 0 Å². The van der Waals surface area contributed by atoms with Crippen LogP contribution < -0.4 is 5.73 Å². The average Bonchev–Trinajstić information content (AvgIpc) is 2.38. The van der Waals surface area contributed by atoms with Gasteiger partial charge in [-0.25, -0.2) is 4.98 Å². The van der Waals surface area contributed by atoms with E-state index in [2.05, 4.69) is 9.97 Å². The van der Waals surface area contributed by atoms with E-state index in [1.54, 1.807) is 12.5 Å². The summed E-state index contributed by atoms with van der Waals surface area (Å²) in [6.45, 7) is 0.111. The zero-order valence-corrected chi connectivity index (χ0v) is 5.62. The Morgan fingerprint density at radius 2 is 2.60 bits per heavy atom. The van der Waals surface area contributed by atoms with Gasteiger partial charge in [0.1, 0.15) is 0 Å². The van der Waals surface area contributed by atoms with Crippen LogP contribution in [0.4, 0.5) is 0 Å². The van der Waals surface area contributed by atoms with Gasteiger partial charge in [0, 0.05) is 18.8 Å². The first-order valence-corrected chi connectivity index (χ1v) is 3.19. The third kappa shape index (κ3) is 1.55. The van der Waals surface area contributed by atoms with Gasteiger partial charge >= 0.3 is 0 Å². The molecule has 4 heteroatoms. The molecule has 1 atom stereocenters. The minimum Gasteiger partial charge on any atom is -0.396 e. The van der Waals surface area contributed by atoms with Gasteiger partial charge < -0.3 is 15.8 Å². The molecule has 1 heterocycles. The number of imidazole rings is 1. The maximum atomic E-state index is 8.52. The summed E-state index contributed by atoms with van der Waals surface area (Å²) >= 11 is 0. The second kappa shape index (κ2) is 3.34. The molecule has 0 amide bonds. The molecular weight excluding hydrogens is 130 g/mol. The number of aliphatic hydroxyl groups excluding tert-OH is 1. The number of nitrogens with zero attached hydrogens (tertiary/aromatic N) is 1. The molecule has 4 N–H and O–H groups in total. The van der Waals surface area contributed by atoms with Crippen molar-refractivity contribution in [3.63, 3.8) is 0 Å². The minimum absolute atomic E-state index is 0.111. The summed E-state index contributed by atoms with van der Waals surface area (Å²) in [6.07, 6.45) is 3.81. The summed E-state index contributed by atoms with van der Waals surface area (Å²) in [5.74, 6) is 0. The van der Waals surface area contributed by atoms with Crippen LogP contribution in [0.3, 0.4) is 0 Å². The Kier molecular flexibility index (Phi) is 2.42. The normalized spacial score (nSPS) is 13.4. The lowest BCUT2D eigenvalue weighted by Crippen LogP contribution is -2.11. The Hall–Kier alpha value is -0.870. The molecule has 0 aliphatic rings. The number of hydrogen-bond donors (Lipinski definition) is 3. The number of nitrogens with one attached hydrogen (secondary N) is 1. The van der Waals surface area contributed by atoms with Gasteiger partial charge in [-0.2, -0.15) is 0 Å². The van der Waals surface area contributed by atoms with Crippen molar-refractivity contribution in [1.29, 1.82) is 0 Å². The summed E-state index contributed by atoms with van der Waals surface area (Å²) in [6, 6.07) is -0.118. The fourth-order valence-electron chi connectivity index (χ4n) is 0.764. The standard InChI is InChI=1S/C6H11N3O/c7-5(1-2-10)6-3-8-4-9-6/h3-5,10H,1-2,7H2,(H,8,9)/t5-/m1/s1. The maximum absolute atomic E-state index is 8.52. The smallest absolute Gasteiger partial charge is 0.0922 e. The van der Waals surface area contributed by atoms with Crippen molar-refractivity contribution in [1.82, 2.24) is 9.97 Å². The van der Waals surface area contributed by atoms with E-state index in [1.165, 1.54) is 0 Å². The predicted molar refractivity (Wildman–Crippen MR) is 37.2 cm³/mol. The van der Waals surface area contributed by atoms with E-state index in [0.29, 0.717) is 6.42 Å². The molecule has 0 aliphatic carbocycles. The molecule has 0 aromatic carbocycles. The number of H-pyrrole nitrogens is 1. The van der Waals surface area contributed by atoms with Crippen LogP contribution in [0.1, 0.15) is 18.2 Å². The maximum Gasteiger partial charge on any atom is 0.0922 e. The molecule has 0 saturated heterocycles. The number of rotatable bonds is 3. The quantitative estimate of drug-likeness (QED) is 0.545. The topological polar surface area (TPSA) is 74.9 Å².